The Morgan fingerprint density at radius 3 is 2.82 bits per heavy atom. The number of halogens is 2. The minimum absolute atomic E-state index is 0.0213. The Balaban J connectivity index is 1.93. The molecule has 28 heavy (non-hydrogen) atoms. The number of nitrogens with one attached hydrogen (secondary N) is 1. The van der Waals surface area contributed by atoms with Gasteiger partial charge in [0, 0.05) is 18.3 Å². The number of hydrogen-bond donors (Lipinski definition) is 1. The topological polar surface area (TPSA) is 58.6 Å². The van der Waals surface area contributed by atoms with E-state index in [1.807, 2.05) is 0 Å². The van der Waals surface area contributed by atoms with Crippen LogP contribution in [-0.2, 0) is 4.79 Å². The zero-order chi connectivity index (χ0) is 20.5. The lowest BCUT2D eigenvalue weighted by atomic mass is 9.93. The largest absolute Gasteiger partial charge is 0.490 e. The van der Waals surface area contributed by atoms with Gasteiger partial charge in [0.1, 0.15) is 18.2 Å². The Bertz CT molecular complexity index is 938. The van der Waals surface area contributed by atoms with E-state index in [4.69, 9.17) is 16.3 Å². The molecule has 0 aromatic heterocycles. The van der Waals surface area contributed by atoms with Crippen LogP contribution in [0, 0.1) is 11.2 Å². The van der Waals surface area contributed by atoms with E-state index in [0.29, 0.717) is 23.7 Å². The maximum atomic E-state index is 14.0. The molecule has 3 rings (SSSR count). The minimum Gasteiger partial charge on any atom is -0.490 e. The van der Waals surface area contributed by atoms with E-state index in [2.05, 4.69) is 11.9 Å². The highest BCUT2D eigenvalue weighted by molar-refractivity contribution is 6.34. The predicted octanol–water partition coefficient (Wildman–Crippen LogP) is 4.67. The van der Waals surface area contributed by atoms with Crippen molar-refractivity contribution in [2.75, 3.05) is 23.4 Å². The van der Waals surface area contributed by atoms with Crippen molar-refractivity contribution in [3.05, 3.63) is 65.5 Å². The number of nitrogens with zero attached hydrogens (tertiary/aromatic N) is 1. The van der Waals surface area contributed by atoms with E-state index in [0.717, 1.165) is 0 Å². The molecule has 2 aromatic rings. The molecule has 0 unspecified atom stereocenters. The molecule has 0 atom stereocenters. The number of anilines is 2. The van der Waals surface area contributed by atoms with Crippen molar-refractivity contribution < 1.29 is 18.7 Å². The van der Waals surface area contributed by atoms with Crippen molar-refractivity contribution in [3.8, 4) is 5.75 Å². The van der Waals surface area contributed by atoms with E-state index in [1.165, 1.54) is 18.2 Å². The van der Waals surface area contributed by atoms with Crippen molar-refractivity contribution in [2.45, 2.75) is 13.8 Å². The Morgan fingerprint density at radius 2 is 2.14 bits per heavy atom. The van der Waals surface area contributed by atoms with Crippen LogP contribution in [0.5, 0.6) is 5.75 Å². The van der Waals surface area contributed by atoms with Gasteiger partial charge in [0.25, 0.3) is 5.91 Å². The van der Waals surface area contributed by atoms with Crippen LogP contribution in [0.25, 0.3) is 0 Å². The molecule has 2 aromatic carbocycles. The number of fused-ring (bicyclic) bond motifs is 1. The standard InChI is InChI=1S/C21H20ClFN2O3/c1-4-10-25-16-9-8-13(11-17(16)28-12-21(2,3)20(25)27)24-19(26)18-14(22)6-5-7-15(18)23/h4-9,11H,1,10,12H2,2-3H3,(H,24,26). The van der Waals surface area contributed by atoms with Crippen LogP contribution < -0.4 is 15.0 Å². The van der Waals surface area contributed by atoms with Crippen molar-refractivity contribution in [1.82, 2.24) is 0 Å². The second-order valence-electron chi connectivity index (χ2n) is 7.11. The molecule has 0 aliphatic carbocycles. The van der Waals surface area contributed by atoms with Crippen LogP contribution in [0.15, 0.2) is 49.1 Å². The zero-order valence-corrected chi connectivity index (χ0v) is 16.3. The first-order valence-electron chi connectivity index (χ1n) is 8.69. The molecule has 0 bridgehead atoms. The van der Waals surface area contributed by atoms with Crippen LogP contribution in [0.3, 0.4) is 0 Å². The molecule has 0 saturated carbocycles. The highest BCUT2D eigenvalue weighted by Crippen LogP contribution is 2.38. The van der Waals surface area contributed by atoms with Gasteiger partial charge in [0.15, 0.2) is 0 Å². The number of hydrogen-bond acceptors (Lipinski definition) is 3. The van der Waals surface area contributed by atoms with E-state index < -0.39 is 17.1 Å². The Hall–Kier alpha value is -2.86. The molecule has 0 radical (unpaired) electrons. The van der Waals surface area contributed by atoms with Crippen LogP contribution in [0.1, 0.15) is 24.2 Å². The molecule has 0 spiro atoms. The number of rotatable bonds is 4. The van der Waals surface area contributed by atoms with Crippen LogP contribution in [0.4, 0.5) is 15.8 Å². The van der Waals surface area contributed by atoms with Gasteiger partial charge in [-0.3, -0.25) is 9.59 Å². The quantitative estimate of drug-likeness (QED) is 0.756. The summed E-state index contributed by atoms with van der Waals surface area (Å²) in [5, 5.41) is 2.64. The molecule has 1 aliphatic rings. The highest BCUT2D eigenvalue weighted by atomic mass is 35.5. The molecule has 1 aliphatic heterocycles. The second kappa shape index (κ2) is 7.64. The predicted molar refractivity (Wildman–Crippen MR) is 108 cm³/mol. The third-order valence-corrected chi connectivity index (χ3v) is 4.74. The van der Waals surface area contributed by atoms with Crippen molar-refractivity contribution in [2.24, 2.45) is 5.41 Å². The van der Waals surface area contributed by atoms with E-state index >= 15 is 0 Å². The number of carbonyl (C=O) groups is 2. The van der Waals surface area contributed by atoms with Gasteiger partial charge in [-0.05, 0) is 38.1 Å². The van der Waals surface area contributed by atoms with Gasteiger partial charge in [0.2, 0.25) is 5.91 Å². The summed E-state index contributed by atoms with van der Waals surface area (Å²) < 4.78 is 19.8. The van der Waals surface area contributed by atoms with Crippen molar-refractivity contribution >= 4 is 34.8 Å². The normalized spacial score (nSPS) is 15.3. The SMILES string of the molecule is C=CCN1C(=O)C(C)(C)COc2cc(NC(=O)c3c(F)cccc3Cl)ccc21. The molecule has 5 nitrogen and oxygen atoms in total. The zero-order valence-electron chi connectivity index (χ0n) is 15.6. The Kier molecular flexibility index (Phi) is 5.42. The summed E-state index contributed by atoms with van der Waals surface area (Å²) in [6, 6.07) is 8.94. The minimum atomic E-state index is -0.716. The number of ether oxygens (including phenoxy) is 1. The number of amides is 2. The fourth-order valence-electron chi connectivity index (χ4n) is 2.94. The molecule has 1 N–H and O–H groups in total. The van der Waals surface area contributed by atoms with Crippen molar-refractivity contribution in [3.63, 3.8) is 0 Å². The van der Waals surface area contributed by atoms with E-state index in [-0.39, 0.29) is 23.1 Å². The fraction of sp³-hybridized carbons (Fsp3) is 0.238. The monoisotopic (exact) mass is 402 g/mol. The summed E-state index contributed by atoms with van der Waals surface area (Å²) in [7, 11) is 0. The number of carbonyl (C=O) groups excluding carboxylic acids is 2. The molecule has 1 heterocycles. The smallest absolute Gasteiger partial charge is 0.260 e. The maximum Gasteiger partial charge on any atom is 0.260 e. The average Bonchev–Trinajstić information content (AvgIpc) is 2.72. The van der Waals surface area contributed by atoms with Gasteiger partial charge in [-0.15, -0.1) is 6.58 Å². The summed E-state index contributed by atoms with van der Waals surface area (Å²) in [5.74, 6) is -1.02. The van der Waals surface area contributed by atoms with Gasteiger partial charge in [-0.2, -0.15) is 0 Å². The molecule has 2 amide bonds. The third-order valence-electron chi connectivity index (χ3n) is 4.42. The van der Waals surface area contributed by atoms with Crippen LogP contribution in [0.2, 0.25) is 5.02 Å². The molecule has 0 fully saturated rings. The van der Waals surface area contributed by atoms with Crippen LogP contribution >= 0.6 is 11.6 Å². The van der Waals surface area contributed by atoms with Gasteiger partial charge < -0.3 is 15.0 Å². The molecule has 146 valence electrons. The van der Waals surface area contributed by atoms with Crippen LogP contribution in [-0.4, -0.2) is 25.0 Å². The lowest BCUT2D eigenvalue weighted by Crippen LogP contribution is -2.42. The lowest BCUT2D eigenvalue weighted by molar-refractivity contribution is -0.127. The van der Waals surface area contributed by atoms with E-state index in [9.17, 15) is 14.0 Å². The first-order valence-corrected chi connectivity index (χ1v) is 9.07. The molecule has 0 saturated heterocycles. The van der Waals surface area contributed by atoms with Gasteiger partial charge in [-0.25, -0.2) is 4.39 Å². The van der Waals surface area contributed by atoms with E-state index in [1.54, 1.807) is 43.0 Å². The summed E-state index contributed by atoms with van der Waals surface area (Å²) in [5.41, 5.74) is 0.0300. The second-order valence-corrected chi connectivity index (χ2v) is 7.52. The van der Waals surface area contributed by atoms with Gasteiger partial charge >= 0.3 is 0 Å². The third kappa shape index (κ3) is 3.73. The lowest BCUT2D eigenvalue weighted by Gasteiger charge is -2.27. The Morgan fingerprint density at radius 1 is 1.39 bits per heavy atom. The molecular formula is C21H20ClFN2O3. The van der Waals surface area contributed by atoms with Crippen molar-refractivity contribution in [1.29, 1.82) is 0 Å². The summed E-state index contributed by atoms with van der Waals surface area (Å²) in [4.78, 5) is 26.9. The number of benzene rings is 2. The maximum absolute atomic E-state index is 14.0. The summed E-state index contributed by atoms with van der Waals surface area (Å²) in [6.45, 7) is 7.83. The van der Waals surface area contributed by atoms with Gasteiger partial charge in [0.05, 0.1) is 21.7 Å². The summed E-state index contributed by atoms with van der Waals surface area (Å²) >= 11 is 5.95. The first kappa shape index (κ1) is 19.9. The molecule has 7 heteroatoms. The summed E-state index contributed by atoms with van der Waals surface area (Å²) in [6.07, 6.45) is 1.64. The first-order chi connectivity index (χ1) is 13.2. The highest BCUT2D eigenvalue weighted by Gasteiger charge is 2.37. The fourth-order valence-corrected chi connectivity index (χ4v) is 3.19. The van der Waals surface area contributed by atoms with Gasteiger partial charge in [-0.1, -0.05) is 23.7 Å². The Labute approximate surface area is 167 Å². The average molecular weight is 403 g/mol. The molecular weight excluding hydrogens is 383 g/mol.